The van der Waals surface area contributed by atoms with E-state index in [2.05, 4.69) is 70.2 Å². The fourth-order valence-corrected chi connectivity index (χ4v) is 4.47. The Hall–Kier alpha value is -2.07. The monoisotopic (exact) mass is 565 g/mol. The Morgan fingerprint density at radius 3 is 2.72 bits per heavy atom. The molecule has 0 atom stereocenters. The Morgan fingerprint density at radius 1 is 1.19 bits per heavy atom. The van der Waals surface area contributed by atoms with Crippen molar-refractivity contribution in [2.45, 2.75) is 51.2 Å². The SMILES string of the molecule is COc1ccc(CCCc2nnc(SCC(=O)Nc3ccc(I)cc3C(C)C)o2)cc1C. The number of carbonyl (C=O) groups excluding carboxylic acids is 1. The van der Waals surface area contributed by atoms with Crippen molar-refractivity contribution in [3.63, 3.8) is 0 Å². The lowest BCUT2D eigenvalue weighted by molar-refractivity contribution is -0.113. The minimum atomic E-state index is -0.0901. The Bertz CT molecular complexity index is 1070. The van der Waals surface area contributed by atoms with Crippen LogP contribution in [0.25, 0.3) is 0 Å². The molecule has 0 saturated heterocycles. The predicted octanol–water partition coefficient (Wildman–Crippen LogP) is 6.02. The average molecular weight is 565 g/mol. The average Bonchev–Trinajstić information content (AvgIpc) is 3.21. The molecule has 0 unspecified atom stereocenters. The van der Waals surface area contributed by atoms with Crippen molar-refractivity contribution in [1.82, 2.24) is 10.2 Å². The molecule has 1 heterocycles. The summed E-state index contributed by atoms with van der Waals surface area (Å²) in [6, 6.07) is 12.3. The summed E-state index contributed by atoms with van der Waals surface area (Å²) < 4.78 is 12.2. The van der Waals surface area contributed by atoms with Gasteiger partial charge < -0.3 is 14.5 Å². The van der Waals surface area contributed by atoms with Crippen LogP contribution < -0.4 is 10.1 Å². The number of aryl methyl sites for hydroxylation is 3. The Balaban J connectivity index is 1.46. The minimum Gasteiger partial charge on any atom is -0.496 e. The van der Waals surface area contributed by atoms with Gasteiger partial charge in [0.15, 0.2) is 0 Å². The van der Waals surface area contributed by atoms with Gasteiger partial charge in [-0.3, -0.25) is 4.79 Å². The number of rotatable bonds is 10. The van der Waals surface area contributed by atoms with Gasteiger partial charge in [-0.25, -0.2) is 0 Å². The fraction of sp³-hybridized carbons (Fsp3) is 0.375. The molecule has 0 radical (unpaired) electrons. The molecule has 32 heavy (non-hydrogen) atoms. The van der Waals surface area contributed by atoms with Gasteiger partial charge >= 0.3 is 0 Å². The Morgan fingerprint density at radius 2 is 2.00 bits per heavy atom. The molecule has 0 fully saturated rings. The summed E-state index contributed by atoms with van der Waals surface area (Å²) in [4.78, 5) is 12.4. The van der Waals surface area contributed by atoms with Crippen molar-refractivity contribution in [3.8, 4) is 5.75 Å². The molecule has 2 aromatic carbocycles. The largest absolute Gasteiger partial charge is 0.496 e. The number of carbonyl (C=O) groups is 1. The first kappa shape index (κ1) is 24.6. The summed E-state index contributed by atoms with van der Waals surface area (Å²) in [5.74, 6) is 1.95. The zero-order chi connectivity index (χ0) is 23.1. The number of aromatic nitrogens is 2. The lowest BCUT2D eigenvalue weighted by Gasteiger charge is -2.14. The van der Waals surface area contributed by atoms with Gasteiger partial charge in [-0.2, -0.15) is 0 Å². The molecule has 3 rings (SSSR count). The van der Waals surface area contributed by atoms with Crippen molar-refractivity contribution in [3.05, 3.63) is 62.5 Å². The van der Waals surface area contributed by atoms with Crippen LogP contribution >= 0.6 is 34.4 Å². The van der Waals surface area contributed by atoms with E-state index in [4.69, 9.17) is 9.15 Å². The summed E-state index contributed by atoms with van der Waals surface area (Å²) in [5.41, 5.74) is 4.37. The second-order valence-electron chi connectivity index (χ2n) is 7.84. The van der Waals surface area contributed by atoms with Crippen LogP contribution in [0.4, 0.5) is 5.69 Å². The highest BCUT2D eigenvalue weighted by Crippen LogP contribution is 2.27. The molecule has 3 aromatic rings. The number of hydrogen-bond donors (Lipinski definition) is 1. The van der Waals surface area contributed by atoms with Crippen molar-refractivity contribution in [2.24, 2.45) is 0 Å². The van der Waals surface area contributed by atoms with E-state index in [9.17, 15) is 4.79 Å². The first-order valence-corrected chi connectivity index (χ1v) is 12.6. The second kappa shape index (κ2) is 11.7. The van der Waals surface area contributed by atoms with Crippen LogP contribution in [-0.2, 0) is 17.6 Å². The second-order valence-corrected chi connectivity index (χ2v) is 10.0. The molecule has 0 aliphatic heterocycles. The van der Waals surface area contributed by atoms with Crippen molar-refractivity contribution in [1.29, 1.82) is 0 Å². The third-order valence-electron chi connectivity index (χ3n) is 5.00. The number of amides is 1. The summed E-state index contributed by atoms with van der Waals surface area (Å²) in [6.45, 7) is 6.28. The maximum atomic E-state index is 12.4. The lowest BCUT2D eigenvalue weighted by atomic mass is 10.0. The number of halogens is 1. The number of hydrogen-bond acceptors (Lipinski definition) is 6. The molecule has 0 bridgehead atoms. The van der Waals surface area contributed by atoms with E-state index in [1.165, 1.54) is 17.3 Å². The minimum absolute atomic E-state index is 0.0901. The molecule has 1 N–H and O–H groups in total. The number of nitrogens with zero attached hydrogens (tertiary/aromatic N) is 2. The summed E-state index contributed by atoms with van der Waals surface area (Å²) in [6.07, 6.45) is 2.53. The molecule has 1 aromatic heterocycles. The molecule has 170 valence electrons. The Labute approximate surface area is 207 Å². The number of ether oxygens (including phenoxy) is 1. The maximum absolute atomic E-state index is 12.4. The Kier molecular flexibility index (Phi) is 8.98. The predicted molar refractivity (Wildman–Crippen MR) is 137 cm³/mol. The molecule has 0 aliphatic carbocycles. The van der Waals surface area contributed by atoms with Gasteiger partial charge in [0.25, 0.3) is 5.22 Å². The van der Waals surface area contributed by atoms with Crippen LogP contribution in [0.3, 0.4) is 0 Å². The van der Waals surface area contributed by atoms with Crippen LogP contribution in [0.2, 0.25) is 0 Å². The number of benzene rings is 2. The molecule has 0 spiro atoms. The van der Waals surface area contributed by atoms with Crippen LogP contribution in [0, 0.1) is 10.5 Å². The third-order valence-corrected chi connectivity index (χ3v) is 6.49. The number of thioether (sulfide) groups is 1. The van der Waals surface area contributed by atoms with Gasteiger partial charge in [0.05, 0.1) is 12.9 Å². The van der Waals surface area contributed by atoms with Crippen LogP contribution in [0.15, 0.2) is 46.0 Å². The first-order chi connectivity index (χ1) is 15.4. The van der Waals surface area contributed by atoms with E-state index in [1.807, 2.05) is 25.1 Å². The van der Waals surface area contributed by atoms with Crippen LogP contribution in [-0.4, -0.2) is 29.0 Å². The van der Waals surface area contributed by atoms with Gasteiger partial charge in [-0.15, -0.1) is 10.2 Å². The van der Waals surface area contributed by atoms with Crippen LogP contribution in [0.1, 0.15) is 48.8 Å². The van der Waals surface area contributed by atoms with Gasteiger partial charge in [0.1, 0.15) is 5.75 Å². The van der Waals surface area contributed by atoms with E-state index < -0.39 is 0 Å². The number of anilines is 1. The zero-order valence-electron chi connectivity index (χ0n) is 18.8. The molecular weight excluding hydrogens is 537 g/mol. The normalized spacial score (nSPS) is 11.1. The maximum Gasteiger partial charge on any atom is 0.277 e. The number of methoxy groups -OCH3 is 1. The van der Waals surface area contributed by atoms with Crippen molar-refractivity contribution < 1.29 is 13.9 Å². The molecular formula is C24H28IN3O3S. The van der Waals surface area contributed by atoms with E-state index in [-0.39, 0.29) is 11.7 Å². The molecule has 6 nitrogen and oxygen atoms in total. The molecule has 0 aliphatic rings. The van der Waals surface area contributed by atoms with Gasteiger partial charge in [-0.05, 0) is 89.2 Å². The first-order valence-electron chi connectivity index (χ1n) is 10.5. The molecule has 0 saturated carbocycles. The quantitative estimate of drug-likeness (QED) is 0.239. The fourth-order valence-electron chi connectivity index (χ4n) is 3.38. The third kappa shape index (κ3) is 6.96. The molecule has 8 heteroatoms. The van der Waals surface area contributed by atoms with E-state index in [0.717, 1.165) is 39.0 Å². The standard InChI is InChI=1S/C24H28IN3O3S/c1-15(2)19-13-18(25)9-10-20(19)26-22(29)14-32-24-28-27-23(31-24)7-5-6-17-8-11-21(30-4)16(3)12-17/h8-13,15H,5-7,14H2,1-4H3,(H,26,29). The highest BCUT2D eigenvalue weighted by Gasteiger charge is 2.13. The lowest BCUT2D eigenvalue weighted by Crippen LogP contribution is -2.15. The highest BCUT2D eigenvalue weighted by atomic mass is 127. The summed E-state index contributed by atoms with van der Waals surface area (Å²) >= 11 is 3.54. The van der Waals surface area contributed by atoms with E-state index >= 15 is 0 Å². The zero-order valence-corrected chi connectivity index (χ0v) is 21.7. The van der Waals surface area contributed by atoms with Gasteiger partial charge in [0, 0.05) is 15.7 Å². The van der Waals surface area contributed by atoms with E-state index in [0.29, 0.717) is 23.5 Å². The molecule has 1 amide bonds. The van der Waals surface area contributed by atoms with Gasteiger partial charge in [-0.1, -0.05) is 37.7 Å². The van der Waals surface area contributed by atoms with Crippen LogP contribution in [0.5, 0.6) is 5.75 Å². The van der Waals surface area contributed by atoms with Crippen molar-refractivity contribution >= 4 is 45.9 Å². The number of nitrogens with one attached hydrogen (secondary N) is 1. The smallest absolute Gasteiger partial charge is 0.277 e. The van der Waals surface area contributed by atoms with E-state index in [1.54, 1.807) is 7.11 Å². The summed E-state index contributed by atoms with van der Waals surface area (Å²) in [7, 11) is 1.68. The van der Waals surface area contributed by atoms with Gasteiger partial charge in [0.2, 0.25) is 11.8 Å². The topological polar surface area (TPSA) is 77.2 Å². The highest BCUT2D eigenvalue weighted by molar-refractivity contribution is 14.1. The van der Waals surface area contributed by atoms with Crippen molar-refractivity contribution in [2.75, 3.05) is 18.2 Å². The summed E-state index contributed by atoms with van der Waals surface area (Å²) in [5, 5.41) is 11.6.